The highest BCUT2D eigenvalue weighted by Gasteiger charge is 2.43. The lowest BCUT2D eigenvalue weighted by molar-refractivity contribution is -0.00908. The number of carbonyl (C=O) groups excluding carboxylic acids is 1. The van der Waals surface area contributed by atoms with Gasteiger partial charge >= 0.3 is 0 Å². The summed E-state index contributed by atoms with van der Waals surface area (Å²) in [5.74, 6) is 0.918. The summed E-state index contributed by atoms with van der Waals surface area (Å²) in [5, 5.41) is 0. The molecule has 150 valence electrons. The van der Waals surface area contributed by atoms with Crippen LogP contribution in [0.1, 0.15) is 62.2 Å². The van der Waals surface area contributed by atoms with Crippen molar-refractivity contribution in [3.8, 4) is 5.75 Å². The zero-order valence-corrected chi connectivity index (χ0v) is 17.5. The number of aromatic nitrogens is 2. The van der Waals surface area contributed by atoms with E-state index in [-0.39, 0.29) is 36.2 Å². The molecule has 0 radical (unpaired) electrons. The molecule has 7 heteroatoms. The molecule has 2 aromatic rings. The van der Waals surface area contributed by atoms with Crippen LogP contribution < -0.4 is 4.74 Å². The Labute approximate surface area is 173 Å². The zero-order valence-electron chi connectivity index (χ0n) is 15.8. The standard InChI is InChI=1S/C20H27N3O2.2ClH/c1-2-3-4-5-8-23-9-6-20(7-10-23)13-18(24)15-11-16-17(22-14-21-16)12-19(15)25-20;;/h11-12,14H,2-10,13H2,1H3,(H,21,22);2*1H. The lowest BCUT2D eigenvalue weighted by Crippen LogP contribution is -2.51. The fraction of sp³-hybridized carbons (Fsp3) is 0.600. The van der Waals surface area contributed by atoms with Gasteiger partial charge in [0.05, 0.1) is 29.3 Å². The minimum absolute atomic E-state index is 0. The number of benzene rings is 1. The van der Waals surface area contributed by atoms with Crippen LogP contribution in [0.3, 0.4) is 0 Å². The number of nitrogens with one attached hydrogen (secondary N) is 1. The van der Waals surface area contributed by atoms with Crippen LogP contribution in [-0.4, -0.2) is 45.9 Å². The summed E-state index contributed by atoms with van der Waals surface area (Å²) in [6, 6.07) is 3.80. The lowest BCUT2D eigenvalue weighted by atomic mass is 9.82. The van der Waals surface area contributed by atoms with E-state index in [1.165, 1.54) is 32.2 Å². The normalized spacial score (nSPS) is 18.5. The van der Waals surface area contributed by atoms with Crippen molar-refractivity contribution in [1.82, 2.24) is 14.9 Å². The van der Waals surface area contributed by atoms with Gasteiger partial charge in [-0.2, -0.15) is 0 Å². The van der Waals surface area contributed by atoms with Crippen LogP contribution in [-0.2, 0) is 0 Å². The van der Waals surface area contributed by atoms with Gasteiger partial charge in [-0.25, -0.2) is 4.98 Å². The summed E-state index contributed by atoms with van der Waals surface area (Å²) in [7, 11) is 0. The number of rotatable bonds is 5. The van der Waals surface area contributed by atoms with Gasteiger partial charge < -0.3 is 14.6 Å². The van der Waals surface area contributed by atoms with Crippen LogP contribution in [0.5, 0.6) is 5.75 Å². The Hall–Kier alpha value is -1.30. The van der Waals surface area contributed by atoms with E-state index < -0.39 is 0 Å². The molecule has 1 aromatic heterocycles. The molecule has 0 amide bonds. The Bertz CT molecular complexity index is 770. The number of piperidine rings is 1. The summed E-state index contributed by atoms with van der Waals surface area (Å²) in [6.45, 7) is 5.48. The number of imidazole rings is 1. The summed E-state index contributed by atoms with van der Waals surface area (Å²) in [4.78, 5) is 22.6. The van der Waals surface area contributed by atoms with Crippen molar-refractivity contribution in [3.05, 3.63) is 24.0 Å². The van der Waals surface area contributed by atoms with Gasteiger partial charge in [-0.1, -0.05) is 26.2 Å². The van der Waals surface area contributed by atoms with E-state index in [4.69, 9.17) is 4.74 Å². The summed E-state index contributed by atoms with van der Waals surface area (Å²) < 4.78 is 6.40. The van der Waals surface area contributed by atoms with Crippen molar-refractivity contribution in [2.45, 2.75) is 57.5 Å². The highest BCUT2D eigenvalue weighted by atomic mass is 35.5. The fourth-order valence-electron chi connectivity index (χ4n) is 4.15. The van der Waals surface area contributed by atoms with Gasteiger partial charge in [0.2, 0.25) is 0 Å². The molecule has 1 spiro atoms. The number of nitrogens with zero attached hydrogens (tertiary/aromatic N) is 2. The van der Waals surface area contributed by atoms with E-state index >= 15 is 0 Å². The number of carbonyl (C=O) groups is 1. The summed E-state index contributed by atoms with van der Waals surface area (Å²) in [5.41, 5.74) is 2.14. The van der Waals surface area contributed by atoms with E-state index in [1.807, 2.05) is 12.1 Å². The zero-order chi connectivity index (χ0) is 17.3. The topological polar surface area (TPSA) is 58.2 Å². The number of halogens is 2. The lowest BCUT2D eigenvalue weighted by Gasteiger charge is -2.44. The molecule has 4 rings (SSSR count). The third-order valence-electron chi connectivity index (χ3n) is 5.73. The minimum atomic E-state index is -0.312. The molecule has 1 saturated heterocycles. The Morgan fingerprint density at radius 2 is 1.96 bits per heavy atom. The molecule has 3 heterocycles. The number of unbranched alkanes of at least 4 members (excludes halogenated alkanes) is 3. The van der Waals surface area contributed by atoms with Crippen molar-refractivity contribution >= 4 is 41.6 Å². The Balaban J connectivity index is 0.00000131. The first kappa shape index (κ1) is 22.0. The molecule has 2 aliphatic heterocycles. The molecule has 1 N–H and O–H groups in total. The first-order chi connectivity index (χ1) is 12.2. The van der Waals surface area contributed by atoms with E-state index in [2.05, 4.69) is 21.8 Å². The predicted molar refractivity (Wildman–Crippen MR) is 113 cm³/mol. The van der Waals surface area contributed by atoms with E-state index in [0.29, 0.717) is 17.7 Å². The first-order valence-electron chi connectivity index (χ1n) is 9.61. The first-order valence-corrected chi connectivity index (χ1v) is 9.61. The number of likely N-dealkylation sites (tertiary alicyclic amines) is 1. The Kier molecular flexibility index (Phi) is 7.55. The largest absolute Gasteiger partial charge is 0.486 e. The number of ether oxygens (including phenoxy) is 1. The van der Waals surface area contributed by atoms with Crippen molar-refractivity contribution in [2.24, 2.45) is 0 Å². The maximum Gasteiger partial charge on any atom is 0.170 e. The van der Waals surface area contributed by atoms with Crippen molar-refractivity contribution < 1.29 is 9.53 Å². The molecular formula is C20H29Cl2N3O2. The SMILES string of the molecule is CCCCCCN1CCC2(CC1)CC(=O)c1cc3[nH]cnc3cc1O2.Cl.Cl. The molecule has 0 aliphatic carbocycles. The molecular weight excluding hydrogens is 385 g/mol. The van der Waals surface area contributed by atoms with Gasteiger partial charge in [-0.05, 0) is 19.0 Å². The van der Waals surface area contributed by atoms with Gasteiger partial charge in [-0.15, -0.1) is 24.8 Å². The number of fused-ring (bicyclic) bond motifs is 2. The fourth-order valence-corrected chi connectivity index (χ4v) is 4.15. The van der Waals surface area contributed by atoms with Crippen molar-refractivity contribution in [3.63, 3.8) is 0 Å². The van der Waals surface area contributed by atoms with Gasteiger partial charge in [0, 0.05) is 32.0 Å². The quantitative estimate of drug-likeness (QED) is 0.715. The third-order valence-corrected chi connectivity index (χ3v) is 5.73. The number of H-pyrrole nitrogens is 1. The summed E-state index contributed by atoms with van der Waals surface area (Å²) >= 11 is 0. The van der Waals surface area contributed by atoms with E-state index in [0.717, 1.165) is 37.0 Å². The second kappa shape index (κ2) is 9.26. The predicted octanol–water partition coefficient (Wildman–Crippen LogP) is 4.79. The molecule has 0 saturated carbocycles. The number of ketones is 1. The average Bonchev–Trinajstić information content (AvgIpc) is 3.06. The van der Waals surface area contributed by atoms with Gasteiger partial charge in [-0.3, -0.25) is 4.79 Å². The minimum Gasteiger partial charge on any atom is -0.486 e. The third kappa shape index (κ3) is 4.58. The Morgan fingerprint density at radius 1 is 1.19 bits per heavy atom. The second-order valence-corrected chi connectivity index (χ2v) is 7.56. The van der Waals surface area contributed by atoms with Crippen molar-refractivity contribution in [1.29, 1.82) is 0 Å². The average molecular weight is 414 g/mol. The summed E-state index contributed by atoms with van der Waals surface area (Å²) in [6.07, 6.45) is 9.24. The highest BCUT2D eigenvalue weighted by Crippen LogP contribution is 2.40. The maximum atomic E-state index is 12.7. The number of aromatic amines is 1. The van der Waals surface area contributed by atoms with Gasteiger partial charge in [0.1, 0.15) is 11.4 Å². The molecule has 1 aromatic carbocycles. The van der Waals surface area contributed by atoms with E-state index in [1.54, 1.807) is 6.33 Å². The van der Waals surface area contributed by atoms with Crippen LogP contribution in [0.4, 0.5) is 0 Å². The van der Waals surface area contributed by atoms with Crippen molar-refractivity contribution in [2.75, 3.05) is 19.6 Å². The number of Topliss-reactive ketones (excluding diaryl/α,β-unsaturated/α-hetero) is 1. The highest BCUT2D eigenvalue weighted by molar-refractivity contribution is 6.03. The number of hydrogen-bond acceptors (Lipinski definition) is 4. The molecule has 0 unspecified atom stereocenters. The molecule has 27 heavy (non-hydrogen) atoms. The number of hydrogen-bond donors (Lipinski definition) is 1. The van der Waals surface area contributed by atoms with E-state index in [9.17, 15) is 4.79 Å². The molecule has 0 bridgehead atoms. The monoisotopic (exact) mass is 413 g/mol. The molecule has 1 fully saturated rings. The molecule has 5 nitrogen and oxygen atoms in total. The van der Waals surface area contributed by atoms with Gasteiger partial charge in [0.15, 0.2) is 5.78 Å². The van der Waals surface area contributed by atoms with Crippen LogP contribution in [0, 0.1) is 0 Å². The second-order valence-electron chi connectivity index (χ2n) is 7.56. The van der Waals surface area contributed by atoms with Crippen LogP contribution in [0.25, 0.3) is 11.0 Å². The van der Waals surface area contributed by atoms with Crippen LogP contribution >= 0.6 is 24.8 Å². The molecule has 2 aliphatic rings. The van der Waals surface area contributed by atoms with Gasteiger partial charge in [0.25, 0.3) is 0 Å². The Morgan fingerprint density at radius 3 is 2.70 bits per heavy atom. The van der Waals surface area contributed by atoms with Crippen LogP contribution in [0.15, 0.2) is 18.5 Å². The maximum absolute atomic E-state index is 12.7. The van der Waals surface area contributed by atoms with Crippen LogP contribution in [0.2, 0.25) is 0 Å². The smallest absolute Gasteiger partial charge is 0.170 e. The molecule has 0 atom stereocenters.